The molecule has 7 heterocycles. The third kappa shape index (κ3) is 16.0. The summed E-state index contributed by atoms with van der Waals surface area (Å²) in [6.45, 7) is 2.17. The summed E-state index contributed by atoms with van der Waals surface area (Å²) in [6.07, 6.45) is -63.5. The molecule has 0 aromatic rings. The molecule has 0 aliphatic carbocycles. The van der Waals surface area contributed by atoms with Crippen LogP contribution in [0.15, 0.2) is 0 Å². The Morgan fingerprint density at radius 1 is 0.467 bits per heavy atom. The van der Waals surface area contributed by atoms with Gasteiger partial charge >= 0.3 is 5.97 Å². The first kappa shape index (κ1) is 74.0. The molecule has 0 spiro atoms. The molecule has 1 unspecified atom stereocenters. The molecular weight excluding hydrogens is 1230 g/mol. The van der Waals surface area contributed by atoms with Crippen LogP contribution in [0.25, 0.3) is 0 Å². The highest BCUT2D eigenvalue weighted by atomic mass is 16.8. The zero-order valence-corrected chi connectivity index (χ0v) is 49.2. The summed E-state index contributed by atoms with van der Waals surface area (Å²) in [5.41, 5.74) is 0. The standard InChI is InChI=1S/C51H85N3O36/c1-12-26(62)34(70)37(73)47(79-12)88-41-25(54-17(6)60)46(85-21(10-57)39(41)86-45-23(52-15(4)58)33(69)30(66)20(9-56)84-45)87-40-24(53-16(5)59)44(75)82-22(32(40)68)11-78-51(50(76)77)7-19(31(67)42(90-51)29(65)18(61)8-55)83-49-43(36(72)28(64)14(3)81-49)89-48-38(74)35(71)27(63)13(2)80-48/h12-14,18-49,55-57,61-75H,7-11H2,1-6H3,(H,52,58)(H,53,59)(H,54,60)(H,76,77)/t12-,13-,14-,18+,19-,20+,21+,22+,23+,24+,25+,26+,27+,28+,29+,30-,31+,32-,33+,34+,35+,36+,37-,38-,39+,40+,41+,42-,43-,44?,45-,46-,47-,48-,49-,51+/m0/s1. The van der Waals surface area contributed by atoms with E-state index in [0.717, 1.165) is 20.8 Å². The van der Waals surface area contributed by atoms with Crippen molar-refractivity contribution in [3.8, 4) is 0 Å². The first-order valence-corrected chi connectivity index (χ1v) is 28.8. The summed E-state index contributed by atoms with van der Waals surface area (Å²) in [6, 6.07) is -5.51. The third-order valence-electron chi connectivity index (χ3n) is 16.6. The van der Waals surface area contributed by atoms with Crippen molar-refractivity contribution >= 4 is 23.7 Å². The molecule has 36 atom stereocenters. The summed E-state index contributed by atoms with van der Waals surface area (Å²) in [5.74, 6) is -8.03. The number of hydrogen-bond acceptors (Lipinski definition) is 35. The summed E-state index contributed by atoms with van der Waals surface area (Å²) in [7, 11) is 0. The molecule has 22 N–H and O–H groups in total. The molecule has 7 saturated heterocycles. The van der Waals surface area contributed by atoms with Crippen molar-refractivity contribution in [3.63, 3.8) is 0 Å². The fourth-order valence-electron chi connectivity index (χ4n) is 11.6. The van der Waals surface area contributed by atoms with Gasteiger partial charge in [0.25, 0.3) is 5.79 Å². The van der Waals surface area contributed by atoms with Crippen LogP contribution in [0.3, 0.4) is 0 Å². The van der Waals surface area contributed by atoms with E-state index in [-0.39, 0.29) is 0 Å². The lowest BCUT2D eigenvalue weighted by Crippen LogP contribution is -2.72. The molecular formula is C51H85N3O36. The average Bonchev–Trinajstić information content (AvgIpc) is 0.774. The van der Waals surface area contributed by atoms with Crippen LogP contribution in [0, 0.1) is 0 Å². The number of carbonyl (C=O) groups is 4. The lowest BCUT2D eigenvalue weighted by Gasteiger charge is -2.52. The van der Waals surface area contributed by atoms with Crippen LogP contribution in [-0.4, -0.2) is 367 Å². The first-order valence-electron chi connectivity index (χ1n) is 28.8. The molecule has 520 valence electrons. The van der Waals surface area contributed by atoms with Crippen LogP contribution in [-0.2, 0) is 80.8 Å². The zero-order valence-electron chi connectivity index (χ0n) is 49.2. The Bertz CT molecular complexity index is 2360. The number of hydrogen-bond donors (Lipinski definition) is 22. The van der Waals surface area contributed by atoms with E-state index >= 15 is 0 Å². The monoisotopic (exact) mass is 1320 g/mol. The van der Waals surface area contributed by atoms with E-state index in [9.17, 15) is 116 Å². The third-order valence-corrected chi connectivity index (χ3v) is 16.6. The molecule has 90 heavy (non-hydrogen) atoms. The van der Waals surface area contributed by atoms with Crippen molar-refractivity contribution in [2.24, 2.45) is 0 Å². The molecule has 3 amide bonds. The van der Waals surface area contributed by atoms with Crippen molar-refractivity contribution in [3.05, 3.63) is 0 Å². The normalized spacial score (nSPS) is 48.4. The fraction of sp³-hybridized carbons (Fsp3) is 0.922. The van der Waals surface area contributed by atoms with Gasteiger partial charge in [0.1, 0.15) is 152 Å². The number of carboxylic acids is 1. The summed E-state index contributed by atoms with van der Waals surface area (Å²) in [5, 5.41) is 215. The molecule has 7 rings (SSSR count). The van der Waals surface area contributed by atoms with Crippen LogP contribution in [0.2, 0.25) is 0 Å². The van der Waals surface area contributed by atoms with E-state index < -0.39 is 277 Å². The Morgan fingerprint density at radius 3 is 1.46 bits per heavy atom. The zero-order chi connectivity index (χ0) is 66.9. The van der Waals surface area contributed by atoms with E-state index in [4.69, 9.17) is 61.6 Å². The first-order chi connectivity index (χ1) is 42.2. The highest BCUT2D eigenvalue weighted by molar-refractivity contribution is 5.76. The van der Waals surface area contributed by atoms with Gasteiger partial charge < -0.3 is 175 Å². The number of carbonyl (C=O) groups excluding carboxylic acids is 3. The number of rotatable bonds is 22. The highest BCUT2D eigenvalue weighted by Gasteiger charge is 2.61. The van der Waals surface area contributed by atoms with Gasteiger partial charge in [-0.1, -0.05) is 0 Å². The Labute approximate surface area is 511 Å². The van der Waals surface area contributed by atoms with Gasteiger partial charge in [-0.25, -0.2) is 4.79 Å². The second kappa shape index (κ2) is 31.0. The molecule has 0 bridgehead atoms. The quantitative estimate of drug-likeness (QED) is 0.0479. The van der Waals surface area contributed by atoms with E-state index in [1.54, 1.807) is 0 Å². The lowest BCUT2D eigenvalue weighted by molar-refractivity contribution is -0.388. The Hall–Kier alpha value is -3.36. The molecule has 0 saturated carbocycles. The Morgan fingerprint density at radius 2 is 0.933 bits per heavy atom. The van der Waals surface area contributed by atoms with Gasteiger partial charge in [0.15, 0.2) is 37.7 Å². The molecule has 39 heteroatoms. The van der Waals surface area contributed by atoms with Crippen molar-refractivity contribution in [2.45, 2.75) is 268 Å². The molecule has 0 aromatic carbocycles. The minimum Gasteiger partial charge on any atom is -0.477 e. The predicted molar refractivity (Wildman–Crippen MR) is 280 cm³/mol. The maximum Gasteiger partial charge on any atom is 0.364 e. The van der Waals surface area contributed by atoms with Gasteiger partial charge in [-0.3, -0.25) is 14.4 Å². The summed E-state index contributed by atoms with van der Waals surface area (Å²) >= 11 is 0. The van der Waals surface area contributed by atoms with Crippen LogP contribution >= 0.6 is 0 Å². The smallest absolute Gasteiger partial charge is 0.364 e. The predicted octanol–water partition coefficient (Wildman–Crippen LogP) is -13.6. The van der Waals surface area contributed by atoms with E-state index in [0.29, 0.717) is 0 Å². The van der Waals surface area contributed by atoms with Gasteiger partial charge in [-0.2, -0.15) is 0 Å². The number of ether oxygens (including phenoxy) is 13. The van der Waals surface area contributed by atoms with E-state index in [1.165, 1.54) is 20.8 Å². The summed E-state index contributed by atoms with van der Waals surface area (Å²) in [4.78, 5) is 52.2. The number of aliphatic hydroxyl groups excluding tert-OH is 18. The molecule has 7 aliphatic rings. The molecule has 7 fully saturated rings. The number of carboxylic acid groups (broad SMARTS) is 1. The van der Waals surface area contributed by atoms with Gasteiger partial charge in [0.2, 0.25) is 17.7 Å². The van der Waals surface area contributed by atoms with Gasteiger partial charge in [0.05, 0.1) is 50.8 Å². The second-order valence-electron chi connectivity index (χ2n) is 23.2. The van der Waals surface area contributed by atoms with Crippen molar-refractivity contribution < 1.29 is 178 Å². The van der Waals surface area contributed by atoms with Crippen LogP contribution in [0.5, 0.6) is 0 Å². The Balaban J connectivity index is 1.23. The van der Waals surface area contributed by atoms with E-state index in [1.807, 2.05) is 0 Å². The number of amides is 3. The van der Waals surface area contributed by atoms with Crippen LogP contribution < -0.4 is 16.0 Å². The maximum atomic E-state index is 13.6. The topological polar surface area (TPSA) is 609 Å². The van der Waals surface area contributed by atoms with Crippen molar-refractivity contribution in [1.82, 2.24) is 16.0 Å². The Kier molecular flexibility index (Phi) is 25.5. The largest absolute Gasteiger partial charge is 0.477 e. The average molecular weight is 1320 g/mol. The van der Waals surface area contributed by atoms with Crippen molar-refractivity contribution in [1.29, 1.82) is 0 Å². The minimum atomic E-state index is -3.26. The fourth-order valence-corrected chi connectivity index (χ4v) is 11.6. The molecule has 39 nitrogen and oxygen atoms in total. The van der Waals surface area contributed by atoms with Gasteiger partial charge in [-0.05, 0) is 20.8 Å². The van der Waals surface area contributed by atoms with Gasteiger partial charge in [0, 0.05) is 27.2 Å². The maximum absolute atomic E-state index is 13.6. The van der Waals surface area contributed by atoms with Crippen molar-refractivity contribution in [2.75, 3.05) is 26.4 Å². The summed E-state index contributed by atoms with van der Waals surface area (Å²) < 4.78 is 76.8. The molecule has 7 aliphatic heterocycles. The van der Waals surface area contributed by atoms with Crippen LogP contribution in [0.1, 0.15) is 48.0 Å². The minimum absolute atomic E-state index is 0.809. The van der Waals surface area contributed by atoms with Gasteiger partial charge in [-0.15, -0.1) is 0 Å². The number of aliphatic hydroxyl groups is 18. The molecule has 0 aromatic heterocycles. The van der Waals surface area contributed by atoms with E-state index in [2.05, 4.69) is 16.0 Å². The van der Waals surface area contributed by atoms with Crippen LogP contribution in [0.4, 0.5) is 0 Å². The lowest BCUT2D eigenvalue weighted by atomic mass is 9.90. The second-order valence-corrected chi connectivity index (χ2v) is 23.2. The highest BCUT2D eigenvalue weighted by Crippen LogP contribution is 2.41. The number of aliphatic carboxylic acids is 1. The SMILES string of the molecule is CC(=O)N[C@H]1[C@H](O[C@H]2[C@H](O[C@@H]3O[C@@H](C)[C@@H](O)[C@@H](O)[C@@H]3O)[C@@H](NC(C)=O)[C@H](O[C@H]3[C@@H](O)[C@@H](CO[C@]4(C(=O)O)C[C@H](O[C@@H]5O[C@@H](C)[C@@H](O)[C@@H](O)[C@@H]5O[C@@H]5O[C@@H](C)[C@@H](O)[C@@H](O)[C@@H]5O)[C@@H](O)[C@H]([C@H](O)[C@H](O)CO)O4)OC(O)[C@@H]3NC(C)=O)O[C@@H]2CO)O[C@H](CO)[C@H](O)[C@@H]1O. The number of nitrogens with one attached hydrogen (secondary N) is 3. The molecule has 0 radical (unpaired) electrons.